The molecule has 3 aromatic carbocycles. The lowest BCUT2D eigenvalue weighted by Gasteiger charge is -2.44. The topological polar surface area (TPSA) is 85.0 Å². The Morgan fingerprint density at radius 2 is 1.88 bits per heavy atom. The Kier molecular flexibility index (Phi) is 11.2. The summed E-state index contributed by atoms with van der Waals surface area (Å²) in [5.74, 6) is 0.500. The van der Waals surface area contributed by atoms with Crippen LogP contribution in [-0.4, -0.2) is 55.9 Å². The molecule has 41 heavy (non-hydrogen) atoms. The maximum absolute atomic E-state index is 13.6. The Morgan fingerprint density at radius 1 is 1.10 bits per heavy atom. The zero-order valence-electron chi connectivity index (χ0n) is 24.3. The van der Waals surface area contributed by atoms with Gasteiger partial charge in [0.2, 0.25) is 0 Å². The number of amides is 1. The number of nitrogens with two attached hydrogens (primary N) is 1. The van der Waals surface area contributed by atoms with Gasteiger partial charge in [0.25, 0.3) is 5.91 Å². The van der Waals surface area contributed by atoms with E-state index < -0.39 is 5.60 Å². The molecule has 7 heteroatoms. The molecule has 0 radical (unpaired) electrons. The number of unbranched alkanes of at least 4 members (excludes halogenated alkanes) is 1. The third kappa shape index (κ3) is 7.49. The van der Waals surface area contributed by atoms with E-state index in [0.717, 1.165) is 48.8 Å². The normalized spacial score (nSPS) is 16.8. The van der Waals surface area contributed by atoms with Crippen molar-refractivity contribution in [3.63, 3.8) is 0 Å². The highest BCUT2D eigenvalue weighted by atomic mass is 35.5. The summed E-state index contributed by atoms with van der Waals surface area (Å²) in [6.45, 7) is 4.75. The predicted octanol–water partition coefficient (Wildman–Crippen LogP) is 6.46. The van der Waals surface area contributed by atoms with Gasteiger partial charge in [0.1, 0.15) is 12.4 Å². The second-order valence-electron chi connectivity index (χ2n) is 10.8. The SMILES string of the molecule is CCc1cccc(-c2c(Cl)cccc2C(O)(CCCCOC)[C@@H]2CCCN(C(=O)c3ccc(OCCN)cc3)C2)c1. The monoisotopic (exact) mass is 578 g/mol. The van der Waals surface area contributed by atoms with Gasteiger partial charge in [0.05, 0.1) is 5.60 Å². The number of ether oxygens (including phenoxy) is 2. The molecular weight excluding hydrogens is 536 g/mol. The van der Waals surface area contributed by atoms with Crippen LogP contribution in [0.2, 0.25) is 5.02 Å². The highest BCUT2D eigenvalue weighted by Gasteiger charge is 2.43. The summed E-state index contributed by atoms with van der Waals surface area (Å²) >= 11 is 6.88. The van der Waals surface area contributed by atoms with Crippen LogP contribution >= 0.6 is 11.6 Å². The molecule has 3 aromatic rings. The van der Waals surface area contributed by atoms with Crippen molar-refractivity contribution in [1.29, 1.82) is 0 Å². The average Bonchev–Trinajstić information content (AvgIpc) is 3.02. The number of methoxy groups -OCH3 is 1. The molecule has 1 amide bonds. The van der Waals surface area contributed by atoms with Gasteiger partial charge in [-0.1, -0.05) is 54.9 Å². The van der Waals surface area contributed by atoms with E-state index in [-0.39, 0.29) is 11.8 Å². The molecule has 0 saturated carbocycles. The van der Waals surface area contributed by atoms with E-state index in [0.29, 0.717) is 55.6 Å². The lowest BCUT2D eigenvalue weighted by Crippen LogP contribution is -2.48. The van der Waals surface area contributed by atoms with Gasteiger partial charge in [-0.05, 0) is 85.5 Å². The van der Waals surface area contributed by atoms with Crippen LogP contribution in [-0.2, 0) is 16.8 Å². The van der Waals surface area contributed by atoms with Gasteiger partial charge in [-0.15, -0.1) is 0 Å². The van der Waals surface area contributed by atoms with Gasteiger partial charge in [-0.3, -0.25) is 4.79 Å². The van der Waals surface area contributed by atoms with Crippen LogP contribution in [0.1, 0.15) is 60.5 Å². The number of halogens is 1. The second kappa shape index (κ2) is 14.8. The molecule has 1 aliphatic heterocycles. The molecule has 2 atom stereocenters. The highest BCUT2D eigenvalue weighted by Crippen LogP contribution is 2.46. The van der Waals surface area contributed by atoms with Crippen molar-refractivity contribution < 1.29 is 19.4 Å². The summed E-state index contributed by atoms with van der Waals surface area (Å²) in [5.41, 5.74) is 8.88. The third-order valence-corrected chi connectivity index (χ3v) is 8.45. The second-order valence-corrected chi connectivity index (χ2v) is 11.2. The Balaban J connectivity index is 1.67. The zero-order chi connectivity index (χ0) is 29.2. The fraction of sp³-hybridized carbons (Fsp3) is 0.441. The van der Waals surface area contributed by atoms with Gasteiger partial charge in [0, 0.05) is 55.4 Å². The number of likely N-dealkylation sites (tertiary alicyclic amines) is 1. The Morgan fingerprint density at radius 3 is 2.61 bits per heavy atom. The smallest absolute Gasteiger partial charge is 0.253 e. The molecular formula is C34H43ClN2O4. The summed E-state index contributed by atoms with van der Waals surface area (Å²) < 4.78 is 10.9. The average molecular weight is 579 g/mol. The first-order valence-corrected chi connectivity index (χ1v) is 15.1. The van der Waals surface area contributed by atoms with E-state index in [4.69, 9.17) is 26.8 Å². The van der Waals surface area contributed by atoms with Crippen molar-refractivity contribution in [2.24, 2.45) is 11.7 Å². The number of nitrogens with zero attached hydrogens (tertiary/aromatic N) is 1. The Hall–Kier alpha value is -2.90. The number of hydrogen-bond acceptors (Lipinski definition) is 5. The van der Waals surface area contributed by atoms with Crippen molar-refractivity contribution >= 4 is 17.5 Å². The predicted molar refractivity (Wildman–Crippen MR) is 166 cm³/mol. The number of aryl methyl sites for hydroxylation is 1. The zero-order valence-corrected chi connectivity index (χ0v) is 25.0. The lowest BCUT2D eigenvalue weighted by molar-refractivity contribution is -0.0574. The Bertz CT molecular complexity index is 1280. The number of carbonyl (C=O) groups is 1. The molecule has 1 saturated heterocycles. The van der Waals surface area contributed by atoms with Crippen LogP contribution in [0.15, 0.2) is 66.7 Å². The highest BCUT2D eigenvalue weighted by molar-refractivity contribution is 6.33. The van der Waals surface area contributed by atoms with Gasteiger partial charge in [0.15, 0.2) is 0 Å². The van der Waals surface area contributed by atoms with E-state index >= 15 is 0 Å². The number of carbonyl (C=O) groups excluding carboxylic acids is 1. The van der Waals surface area contributed by atoms with Crippen LogP contribution in [0.4, 0.5) is 0 Å². The first kappa shape index (κ1) is 31.0. The van der Waals surface area contributed by atoms with Crippen LogP contribution < -0.4 is 10.5 Å². The van der Waals surface area contributed by atoms with E-state index in [1.807, 2.05) is 29.2 Å². The van der Waals surface area contributed by atoms with E-state index in [1.165, 1.54) is 5.56 Å². The molecule has 1 heterocycles. The number of aliphatic hydroxyl groups is 1. The maximum atomic E-state index is 13.6. The van der Waals surface area contributed by atoms with Crippen LogP contribution in [0.25, 0.3) is 11.1 Å². The molecule has 3 N–H and O–H groups in total. The molecule has 0 bridgehead atoms. The summed E-state index contributed by atoms with van der Waals surface area (Å²) in [6.07, 6.45) is 4.73. The van der Waals surface area contributed by atoms with Crippen molar-refractivity contribution in [2.45, 2.75) is 51.0 Å². The van der Waals surface area contributed by atoms with Crippen LogP contribution in [0.5, 0.6) is 5.75 Å². The molecule has 1 unspecified atom stereocenters. The number of piperidine rings is 1. The molecule has 1 aliphatic rings. The summed E-state index contributed by atoms with van der Waals surface area (Å²) in [5, 5.41) is 13.3. The maximum Gasteiger partial charge on any atom is 0.253 e. The molecule has 6 nitrogen and oxygen atoms in total. The lowest BCUT2D eigenvalue weighted by atomic mass is 9.72. The first-order valence-electron chi connectivity index (χ1n) is 14.7. The minimum Gasteiger partial charge on any atom is -0.492 e. The minimum absolute atomic E-state index is 0.0382. The van der Waals surface area contributed by atoms with Crippen molar-refractivity contribution in [2.75, 3.05) is 40.0 Å². The van der Waals surface area contributed by atoms with Gasteiger partial charge < -0.3 is 25.2 Å². The fourth-order valence-corrected chi connectivity index (χ4v) is 6.21. The first-order chi connectivity index (χ1) is 19.9. The van der Waals surface area contributed by atoms with Crippen LogP contribution in [0.3, 0.4) is 0 Å². The van der Waals surface area contributed by atoms with Crippen molar-refractivity contribution in [1.82, 2.24) is 4.90 Å². The quantitative estimate of drug-likeness (QED) is 0.227. The number of rotatable bonds is 13. The van der Waals surface area contributed by atoms with Gasteiger partial charge in [-0.2, -0.15) is 0 Å². The standard InChI is InChI=1S/C34H43ClN2O4/c1-3-25-9-6-10-27(23-25)32-30(12-7-13-31(32)35)34(39,18-4-5-21-40-2)28-11-8-20-37(24-28)33(38)26-14-16-29(17-15-26)41-22-19-36/h6-7,9-10,12-17,23,28,39H,3-5,8,11,18-22,24,36H2,1-2H3/t28-,34?/m1/s1. The molecule has 0 spiro atoms. The minimum atomic E-state index is -1.17. The molecule has 0 aliphatic carbocycles. The van der Waals surface area contributed by atoms with E-state index in [1.54, 1.807) is 31.4 Å². The number of benzene rings is 3. The summed E-state index contributed by atoms with van der Waals surface area (Å²) in [6, 6.07) is 21.4. The summed E-state index contributed by atoms with van der Waals surface area (Å²) in [7, 11) is 1.70. The van der Waals surface area contributed by atoms with Crippen LogP contribution in [0, 0.1) is 5.92 Å². The largest absolute Gasteiger partial charge is 0.492 e. The van der Waals surface area contributed by atoms with Crippen molar-refractivity contribution in [3.05, 3.63) is 88.4 Å². The van der Waals surface area contributed by atoms with E-state index in [9.17, 15) is 9.90 Å². The van der Waals surface area contributed by atoms with E-state index in [2.05, 4.69) is 25.1 Å². The Labute approximate surface area is 249 Å². The molecule has 0 aromatic heterocycles. The molecule has 1 fully saturated rings. The number of hydrogen-bond donors (Lipinski definition) is 2. The fourth-order valence-electron chi connectivity index (χ4n) is 5.93. The third-order valence-electron chi connectivity index (χ3n) is 8.13. The molecule has 4 rings (SSSR count). The van der Waals surface area contributed by atoms with Crippen molar-refractivity contribution in [3.8, 4) is 16.9 Å². The van der Waals surface area contributed by atoms with Gasteiger partial charge in [-0.25, -0.2) is 0 Å². The van der Waals surface area contributed by atoms with Gasteiger partial charge >= 0.3 is 0 Å². The summed E-state index contributed by atoms with van der Waals surface area (Å²) in [4.78, 5) is 15.5. The molecule has 220 valence electrons.